The second-order valence-electron chi connectivity index (χ2n) is 4.81. The Hall–Kier alpha value is -2.94. The summed E-state index contributed by atoms with van der Waals surface area (Å²) < 4.78 is 17.3. The van der Waals surface area contributed by atoms with E-state index in [0.29, 0.717) is 36.1 Å². The zero-order valence-electron chi connectivity index (χ0n) is 13.7. The Balaban J connectivity index is 2.03. The molecule has 0 fully saturated rings. The lowest BCUT2D eigenvalue weighted by molar-refractivity contribution is 0.210. The van der Waals surface area contributed by atoms with Gasteiger partial charge in [-0.15, -0.1) is 0 Å². The van der Waals surface area contributed by atoms with E-state index in [2.05, 4.69) is 25.3 Å². The number of ether oxygens (including phenoxy) is 3. The van der Waals surface area contributed by atoms with Crippen LogP contribution in [-0.4, -0.2) is 58.8 Å². The third-order valence-electron chi connectivity index (χ3n) is 3.41. The molecule has 0 spiro atoms. The molecule has 1 N–H and O–H groups in total. The Morgan fingerprint density at radius 1 is 1.08 bits per heavy atom. The average Bonchev–Trinajstić information content (AvgIpc) is 3.06. The maximum Gasteiger partial charge on any atom is 0.319 e. The van der Waals surface area contributed by atoms with Crippen molar-refractivity contribution < 1.29 is 14.2 Å². The van der Waals surface area contributed by atoms with Gasteiger partial charge in [0.2, 0.25) is 5.88 Å². The molecule has 0 aliphatic heterocycles. The predicted molar refractivity (Wildman–Crippen MR) is 87.5 cm³/mol. The fourth-order valence-corrected chi connectivity index (χ4v) is 2.30. The Morgan fingerprint density at radius 3 is 2.71 bits per heavy atom. The number of imidazole rings is 1. The summed E-state index contributed by atoms with van der Waals surface area (Å²) in [7, 11) is 4.71. The van der Waals surface area contributed by atoms with Gasteiger partial charge >= 0.3 is 6.01 Å². The lowest BCUT2D eigenvalue weighted by atomic mass is 10.2. The van der Waals surface area contributed by atoms with Crippen LogP contribution < -0.4 is 14.8 Å². The first-order valence-corrected chi connectivity index (χ1v) is 7.28. The molecular weight excluding hydrogens is 312 g/mol. The van der Waals surface area contributed by atoms with Crippen molar-refractivity contribution in [1.29, 1.82) is 0 Å². The third-order valence-corrected chi connectivity index (χ3v) is 3.41. The normalized spacial score (nSPS) is 10.8. The van der Waals surface area contributed by atoms with Crippen molar-refractivity contribution in [3.8, 4) is 23.1 Å². The van der Waals surface area contributed by atoms with Crippen LogP contribution in [0, 0.1) is 0 Å². The van der Waals surface area contributed by atoms with E-state index in [1.807, 2.05) is 10.6 Å². The van der Waals surface area contributed by atoms with Crippen LogP contribution in [-0.2, 0) is 4.74 Å². The lowest BCUT2D eigenvalue weighted by Gasteiger charge is -2.09. The number of nitrogens with one attached hydrogen (secondary N) is 1. The summed E-state index contributed by atoms with van der Waals surface area (Å²) in [4.78, 5) is 17.1. The highest BCUT2D eigenvalue weighted by atomic mass is 16.5. The van der Waals surface area contributed by atoms with Crippen molar-refractivity contribution in [2.75, 3.05) is 39.8 Å². The van der Waals surface area contributed by atoms with E-state index in [0.717, 1.165) is 5.69 Å². The first-order valence-electron chi connectivity index (χ1n) is 7.28. The molecule has 0 aromatic carbocycles. The zero-order valence-corrected chi connectivity index (χ0v) is 13.7. The molecule has 0 amide bonds. The molecule has 0 aliphatic carbocycles. The second kappa shape index (κ2) is 7.09. The fourth-order valence-electron chi connectivity index (χ4n) is 2.30. The Morgan fingerprint density at radius 2 is 1.96 bits per heavy atom. The predicted octanol–water partition coefficient (Wildman–Crippen LogP) is 1.26. The minimum atomic E-state index is 0.244. The second-order valence-corrected chi connectivity index (χ2v) is 4.81. The lowest BCUT2D eigenvalue weighted by Crippen LogP contribution is -2.10. The molecule has 9 nitrogen and oxygen atoms in total. The number of anilines is 1. The van der Waals surface area contributed by atoms with E-state index < -0.39 is 0 Å². The molecule has 126 valence electrons. The van der Waals surface area contributed by atoms with Crippen LogP contribution >= 0.6 is 0 Å². The third kappa shape index (κ3) is 2.93. The molecule has 0 atom stereocenters. The summed E-state index contributed by atoms with van der Waals surface area (Å²) in [5, 5.41) is 3.20. The quantitative estimate of drug-likeness (QED) is 0.647. The molecule has 9 heteroatoms. The molecule has 3 aromatic heterocycles. The van der Waals surface area contributed by atoms with Gasteiger partial charge in [0.25, 0.3) is 0 Å². The first kappa shape index (κ1) is 15.9. The summed E-state index contributed by atoms with van der Waals surface area (Å²) in [5.74, 6) is 1.09. The topological polar surface area (TPSA) is 95.7 Å². The van der Waals surface area contributed by atoms with Gasteiger partial charge in [0.15, 0.2) is 11.5 Å². The van der Waals surface area contributed by atoms with E-state index in [9.17, 15) is 0 Å². The zero-order chi connectivity index (χ0) is 16.9. The number of nitrogens with zero attached hydrogens (tertiary/aromatic N) is 5. The number of aromatic nitrogens is 5. The highest BCUT2D eigenvalue weighted by Gasteiger charge is 2.16. The molecule has 0 saturated carbocycles. The van der Waals surface area contributed by atoms with E-state index in [1.54, 1.807) is 32.8 Å². The van der Waals surface area contributed by atoms with Gasteiger partial charge in [0, 0.05) is 32.2 Å². The number of rotatable bonds is 7. The van der Waals surface area contributed by atoms with Crippen LogP contribution in [0.25, 0.3) is 16.9 Å². The maximum atomic E-state index is 5.35. The maximum absolute atomic E-state index is 5.35. The number of hydrogen-bond acceptors (Lipinski definition) is 8. The molecule has 3 heterocycles. The molecule has 24 heavy (non-hydrogen) atoms. The van der Waals surface area contributed by atoms with Gasteiger partial charge < -0.3 is 19.5 Å². The smallest absolute Gasteiger partial charge is 0.319 e. The number of hydrogen-bond donors (Lipinski definition) is 1. The van der Waals surface area contributed by atoms with Crippen LogP contribution in [0.3, 0.4) is 0 Å². The van der Waals surface area contributed by atoms with E-state index >= 15 is 0 Å². The molecule has 0 saturated heterocycles. The highest BCUT2D eigenvalue weighted by molar-refractivity contribution is 5.72. The van der Waals surface area contributed by atoms with E-state index in [4.69, 9.17) is 14.2 Å². The van der Waals surface area contributed by atoms with E-state index in [1.165, 1.54) is 7.11 Å². The van der Waals surface area contributed by atoms with Crippen molar-refractivity contribution in [3.05, 3.63) is 24.8 Å². The summed E-state index contributed by atoms with van der Waals surface area (Å²) >= 11 is 0. The van der Waals surface area contributed by atoms with Gasteiger partial charge in [-0.05, 0) is 0 Å². The van der Waals surface area contributed by atoms with Crippen molar-refractivity contribution in [3.63, 3.8) is 0 Å². The van der Waals surface area contributed by atoms with Gasteiger partial charge in [0.05, 0.1) is 38.3 Å². The average molecular weight is 330 g/mol. The Bertz CT molecular complexity index is 835. The molecular formula is C15H18N6O3. The van der Waals surface area contributed by atoms with Crippen LogP contribution in [0.1, 0.15) is 0 Å². The molecule has 3 rings (SSSR count). The summed E-state index contributed by atoms with van der Waals surface area (Å²) in [6.45, 7) is 1.22. The highest BCUT2D eigenvalue weighted by Crippen LogP contribution is 2.30. The van der Waals surface area contributed by atoms with Crippen LogP contribution in [0.4, 0.5) is 5.82 Å². The Labute approximate surface area is 138 Å². The van der Waals surface area contributed by atoms with Gasteiger partial charge in [-0.25, -0.2) is 15.0 Å². The minimum Gasteiger partial charge on any atom is -0.480 e. The summed E-state index contributed by atoms with van der Waals surface area (Å²) in [6.07, 6.45) is 6.89. The number of methoxy groups -OCH3 is 3. The molecule has 0 bridgehead atoms. The van der Waals surface area contributed by atoms with Crippen molar-refractivity contribution in [2.24, 2.45) is 0 Å². The fraction of sp³-hybridized carbons (Fsp3) is 0.333. The Kier molecular flexibility index (Phi) is 4.71. The van der Waals surface area contributed by atoms with Crippen molar-refractivity contribution in [2.45, 2.75) is 0 Å². The van der Waals surface area contributed by atoms with Crippen molar-refractivity contribution >= 4 is 11.5 Å². The summed E-state index contributed by atoms with van der Waals surface area (Å²) in [5.41, 5.74) is 2.20. The summed E-state index contributed by atoms with van der Waals surface area (Å²) in [6, 6.07) is 0.244. The molecule has 0 unspecified atom stereocenters. The minimum absolute atomic E-state index is 0.244. The van der Waals surface area contributed by atoms with Gasteiger partial charge in [-0.3, -0.25) is 4.40 Å². The molecule has 0 aliphatic rings. The monoisotopic (exact) mass is 330 g/mol. The van der Waals surface area contributed by atoms with Gasteiger partial charge in [0.1, 0.15) is 0 Å². The largest absolute Gasteiger partial charge is 0.480 e. The van der Waals surface area contributed by atoms with Crippen LogP contribution in [0.2, 0.25) is 0 Å². The van der Waals surface area contributed by atoms with Gasteiger partial charge in [-0.2, -0.15) is 4.98 Å². The molecule has 3 aromatic rings. The SMILES string of the molecule is COCCNc1nccn2c(-c3cnc(OC)nc3OC)cnc12. The van der Waals surface area contributed by atoms with E-state index in [-0.39, 0.29) is 6.01 Å². The standard InChI is InChI=1S/C15H18N6O3/c1-22-7-5-17-12-13-18-9-11(21(13)6-4-16-12)10-8-19-15(24-3)20-14(10)23-2/h4,6,8-9H,5,7H2,1-3H3,(H,16,17). The van der Waals surface area contributed by atoms with Gasteiger partial charge in [-0.1, -0.05) is 0 Å². The molecule has 0 radical (unpaired) electrons. The van der Waals surface area contributed by atoms with Crippen LogP contribution in [0.15, 0.2) is 24.8 Å². The first-order chi connectivity index (χ1) is 11.8. The van der Waals surface area contributed by atoms with Crippen molar-refractivity contribution in [1.82, 2.24) is 24.3 Å². The number of fused-ring (bicyclic) bond motifs is 1. The van der Waals surface area contributed by atoms with Crippen LogP contribution in [0.5, 0.6) is 11.9 Å².